The molecular formula is C21H28IN3O2. The fourth-order valence-electron chi connectivity index (χ4n) is 3.07. The van der Waals surface area contributed by atoms with Crippen LogP contribution in [-0.4, -0.2) is 44.7 Å². The number of ether oxygens (including phenoxy) is 2. The van der Waals surface area contributed by atoms with Gasteiger partial charge in [-0.15, -0.1) is 24.0 Å². The van der Waals surface area contributed by atoms with Crippen molar-refractivity contribution in [1.82, 2.24) is 10.2 Å². The Morgan fingerprint density at radius 3 is 2.48 bits per heavy atom. The standard InChI is InChI=1S/C21H27N3O2.HI/c1-22-21(24(2)15-18-12-13-25-16-18)23-14-17-8-10-20(11-9-17)26-19-6-4-3-5-7-19;/h3-11,18H,12-16H2,1-2H3,(H,22,23);1H. The van der Waals surface area contributed by atoms with Crippen molar-refractivity contribution in [3.8, 4) is 11.5 Å². The van der Waals surface area contributed by atoms with Gasteiger partial charge in [-0.2, -0.15) is 0 Å². The lowest BCUT2D eigenvalue weighted by Gasteiger charge is -2.24. The monoisotopic (exact) mass is 481 g/mol. The molecule has 1 atom stereocenters. The summed E-state index contributed by atoms with van der Waals surface area (Å²) in [6.07, 6.45) is 1.13. The van der Waals surface area contributed by atoms with E-state index in [4.69, 9.17) is 9.47 Å². The van der Waals surface area contributed by atoms with Crippen LogP contribution < -0.4 is 10.1 Å². The number of halogens is 1. The number of nitrogens with zero attached hydrogens (tertiary/aromatic N) is 2. The molecular weight excluding hydrogens is 453 g/mol. The first kappa shape index (κ1) is 21.5. The van der Waals surface area contributed by atoms with E-state index in [0.717, 1.165) is 50.2 Å². The molecule has 0 aromatic heterocycles. The third kappa shape index (κ3) is 6.70. The Morgan fingerprint density at radius 2 is 1.85 bits per heavy atom. The highest BCUT2D eigenvalue weighted by Gasteiger charge is 2.18. The fourth-order valence-corrected chi connectivity index (χ4v) is 3.07. The zero-order valence-electron chi connectivity index (χ0n) is 15.9. The molecule has 0 aliphatic carbocycles. The smallest absolute Gasteiger partial charge is 0.193 e. The van der Waals surface area contributed by atoms with Crippen molar-refractivity contribution < 1.29 is 9.47 Å². The van der Waals surface area contributed by atoms with Crippen LogP contribution in [0.5, 0.6) is 11.5 Å². The molecule has 0 bridgehead atoms. The van der Waals surface area contributed by atoms with E-state index in [1.807, 2.05) is 49.5 Å². The summed E-state index contributed by atoms with van der Waals surface area (Å²) in [5.41, 5.74) is 1.18. The first-order valence-electron chi connectivity index (χ1n) is 9.06. The molecule has 2 aromatic rings. The molecule has 146 valence electrons. The molecule has 27 heavy (non-hydrogen) atoms. The number of benzene rings is 2. The summed E-state index contributed by atoms with van der Waals surface area (Å²) in [7, 11) is 3.89. The van der Waals surface area contributed by atoms with Gasteiger partial charge in [-0.3, -0.25) is 4.99 Å². The maximum atomic E-state index is 5.83. The first-order chi connectivity index (χ1) is 12.7. The molecule has 1 aliphatic rings. The highest BCUT2D eigenvalue weighted by Crippen LogP contribution is 2.21. The van der Waals surface area contributed by atoms with E-state index >= 15 is 0 Å². The molecule has 0 spiro atoms. The first-order valence-corrected chi connectivity index (χ1v) is 9.06. The molecule has 5 nitrogen and oxygen atoms in total. The third-order valence-electron chi connectivity index (χ3n) is 4.48. The van der Waals surface area contributed by atoms with E-state index in [2.05, 4.69) is 34.4 Å². The minimum atomic E-state index is 0. The van der Waals surface area contributed by atoms with E-state index in [1.165, 1.54) is 5.56 Å². The Bertz CT molecular complexity index is 701. The molecule has 1 heterocycles. The summed E-state index contributed by atoms with van der Waals surface area (Å²) in [6, 6.07) is 17.9. The van der Waals surface area contributed by atoms with E-state index in [9.17, 15) is 0 Å². The van der Waals surface area contributed by atoms with Crippen LogP contribution in [0, 0.1) is 5.92 Å². The Labute approximate surface area is 178 Å². The van der Waals surface area contributed by atoms with Crippen molar-refractivity contribution in [3.05, 3.63) is 60.2 Å². The average molecular weight is 481 g/mol. The quantitative estimate of drug-likeness (QED) is 0.383. The molecule has 0 amide bonds. The summed E-state index contributed by atoms with van der Waals surface area (Å²) in [5.74, 6) is 3.17. The highest BCUT2D eigenvalue weighted by molar-refractivity contribution is 14.0. The fraction of sp³-hybridized carbons (Fsp3) is 0.381. The number of aliphatic imine (C=N–C) groups is 1. The van der Waals surface area contributed by atoms with Crippen LogP contribution in [0.25, 0.3) is 0 Å². The predicted octanol–water partition coefficient (Wildman–Crippen LogP) is 4.14. The second-order valence-electron chi connectivity index (χ2n) is 6.57. The average Bonchev–Trinajstić information content (AvgIpc) is 3.17. The summed E-state index contributed by atoms with van der Waals surface area (Å²) in [5, 5.41) is 3.42. The van der Waals surface area contributed by atoms with E-state index in [0.29, 0.717) is 5.92 Å². The van der Waals surface area contributed by atoms with Gasteiger partial charge >= 0.3 is 0 Å². The Balaban J connectivity index is 0.00000261. The minimum absolute atomic E-state index is 0. The maximum absolute atomic E-state index is 5.83. The summed E-state index contributed by atoms with van der Waals surface area (Å²) in [6.45, 7) is 3.42. The zero-order valence-corrected chi connectivity index (χ0v) is 18.3. The maximum Gasteiger partial charge on any atom is 0.193 e. The SMILES string of the molecule is CN=C(NCc1ccc(Oc2ccccc2)cc1)N(C)CC1CCOC1.I. The van der Waals surface area contributed by atoms with Gasteiger partial charge in [-0.05, 0) is 36.2 Å². The van der Waals surface area contributed by atoms with Crippen LogP contribution in [0.15, 0.2) is 59.6 Å². The third-order valence-corrected chi connectivity index (χ3v) is 4.48. The molecule has 1 N–H and O–H groups in total. The normalized spacial score (nSPS) is 16.5. The molecule has 1 saturated heterocycles. The van der Waals surface area contributed by atoms with Crippen LogP contribution in [0.2, 0.25) is 0 Å². The molecule has 0 saturated carbocycles. The van der Waals surface area contributed by atoms with Gasteiger partial charge in [0.1, 0.15) is 11.5 Å². The second kappa shape index (κ2) is 11.1. The van der Waals surface area contributed by atoms with Gasteiger partial charge in [-0.1, -0.05) is 30.3 Å². The second-order valence-corrected chi connectivity index (χ2v) is 6.57. The van der Waals surface area contributed by atoms with E-state index in [-0.39, 0.29) is 24.0 Å². The van der Waals surface area contributed by atoms with Crippen LogP contribution >= 0.6 is 24.0 Å². The molecule has 2 aromatic carbocycles. The number of rotatable bonds is 6. The lowest BCUT2D eigenvalue weighted by atomic mass is 10.1. The molecule has 3 rings (SSSR count). The van der Waals surface area contributed by atoms with Crippen molar-refractivity contribution in [2.24, 2.45) is 10.9 Å². The van der Waals surface area contributed by atoms with Gasteiger partial charge in [0.05, 0.1) is 6.61 Å². The van der Waals surface area contributed by atoms with Crippen LogP contribution in [0.4, 0.5) is 0 Å². The van der Waals surface area contributed by atoms with Crippen molar-refractivity contribution in [2.45, 2.75) is 13.0 Å². The number of hydrogen-bond donors (Lipinski definition) is 1. The minimum Gasteiger partial charge on any atom is -0.457 e. The molecule has 6 heteroatoms. The highest BCUT2D eigenvalue weighted by atomic mass is 127. The van der Waals surface area contributed by atoms with Gasteiger partial charge in [0.15, 0.2) is 5.96 Å². The van der Waals surface area contributed by atoms with Gasteiger partial charge in [0.2, 0.25) is 0 Å². The largest absolute Gasteiger partial charge is 0.457 e. The zero-order chi connectivity index (χ0) is 18.2. The van der Waals surface area contributed by atoms with Crippen LogP contribution in [0.3, 0.4) is 0 Å². The number of guanidine groups is 1. The summed E-state index contributed by atoms with van der Waals surface area (Å²) < 4.78 is 11.3. The number of para-hydroxylation sites is 1. The molecule has 1 fully saturated rings. The number of nitrogens with one attached hydrogen (secondary N) is 1. The van der Waals surface area contributed by atoms with Crippen molar-refractivity contribution in [1.29, 1.82) is 0 Å². The summed E-state index contributed by atoms with van der Waals surface area (Å²) in [4.78, 5) is 6.56. The molecule has 1 aliphatic heterocycles. The van der Waals surface area contributed by atoms with Gasteiger partial charge in [0, 0.05) is 39.7 Å². The van der Waals surface area contributed by atoms with E-state index < -0.39 is 0 Å². The Morgan fingerprint density at radius 1 is 1.15 bits per heavy atom. The molecule has 1 unspecified atom stereocenters. The topological polar surface area (TPSA) is 46.1 Å². The summed E-state index contributed by atoms with van der Waals surface area (Å²) >= 11 is 0. The van der Waals surface area contributed by atoms with Crippen molar-refractivity contribution >= 4 is 29.9 Å². The van der Waals surface area contributed by atoms with Gasteiger partial charge in [-0.25, -0.2) is 0 Å². The predicted molar refractivity (Wildman–Crippen MR) is 120 cm³/mol. The van der Waals surface area contributed by atoms with Crippen molar-refractivity contribution in [2.75, 3.05) is 33.9 Å². The van der Waals surface area contributed by atoms with E-state index in [1.54, 1.807) is 0 Å². The number of hydrogen-bond acceptors (Lipinski definition) is 3. The van der Waals surface area contributed by atoms with Gasteiger partial charge < -0.3 is 19.7 Å². The van der Waals surface area contributed by atoms with Crippen molar-refractivity contribution in [3.63, 3.8) is 0 Å². The van der Waals surface area contributed by atoms with Crippen LogP contribution in [-0.2, 0) is 11.3 Å². The lowest BCUT2D eigenvalue weighted by Crippen LogP contribution is -2.41. The Kier molecular flexibility index (Phi) is 8.87. The van der Waals surface area contributed by atoms with Gasteiger partial charge in [0.25, 0.3) is 0 Å². The van der Waals surface area contributed by atoms with Crippen LogP contribution in [0.1, 0.15) is 12.0 Å². The Hall–Kier alpha value is -1.80. The molecule has 0 radical (unpaired) electrons. The lowest BCUT2D eigenvalue weighted by molar-refractivity contribution is 0.181.